The van der Waals surface area contributed by atoms with Crippen molar-refractivity contribution in [1.29, 1.82) is 5.26 Å². The van der Waals surface area contributed by atoms with Crippen molar-refractivity contribution in [3.8, 4) is 6.07 Å². The summed E-state index contributed by atoms with van der Waals surface area (Å²) in [6.07, 6.45) is 0.951. The van der Waals surface area contributed by atoms with Crippen molar-refractivity contribution in [3.05, 3.63) is 95.7 Å². The van der Waals surface area contributed by atoms with E-state index in [2.05, 4.69) is 4.98 Å². The first-order chi connectivity index (χ1) is 12.8. The average Bonchev–Trinajstić information content (AvgIpc) is 2.72. The standard InChI is InChI=1S/C21H17N3O2/c22-13-19-11-12-20(23-14-19)24(15-17-7-3-1-4-8-17)21(25)26-16-18-9-5-2-6-10-18/h1-12,14H,15-16H2. The molecule has 1 aromatic heterocycles. The van der Waals surface area contributed by atoms with E-state index in [1.54, 1.807) is 12.1 Å². The largest absolute Gasteiger partial charge is 0.444 e. The average molecular weight is 343 g/mol. The SMILES string of the molecule is N#Cc1ccc(N(Cc2ccccc2)C(=O)OCc2ccccc2)nc1. The number of carbonyl (C=O) groups is 1. The van der Waals surface area contributed by atoms with Crippen molar-refractivity contribution >= 4 is 11.9 Å². The number of ether oxygens (including phenoxy) is 1. The van der Waals surface area contributed by atoms with E-state index in [1.807, 2.05) is 66.7 Å². The maximum atomic E-state index is 12.7. The molecule has 2 aromatic carbocycles. The minimum absolute atomic E-state index is 0.182. The molecule has 0 aliphatic rings. The smallest absolute Gasteiger partial charge is 0.416 e. The van der Waals surface area contributed by atoms with Crippen molar-refractivity contribution in [2.24, 2.45) is 0 Å². The van der Waals surface area contributed by atoms with Crippen LogP contribution in [0.3, 0.4) is 0 Å². The summed E-state index contributed by atoms with van der Waals surface area (Å²) in [6.45, 7) is 0.509. The Bertz CT molecular complexity index is 888. The van der Waals surface area contributed by atoms with Gasteiger partial charge in [0.05, 0.1) is 12.1 Å². The fourth-order valence-electron chi connectivity index (χ4n) is 2.41. The normalized spacial score (nSPS) is 9.96. The van der Waals surface area contributed by atoms with Crippen LogP contribution in [0.5, 0.6) is 0 Å². The lowest BCUT2D eigenvalue weighted by atomic mass is 10.2. The van der Waals surface area contributed by atoms with Crippen LogP contribution in [0.25, 0.3) is 0 Å². The third-order valence-corrected chi connectivity index (χ3v) is 3.76. The summed E-state index contributed by atoms with van der Waals surface area (Å²) in [7, 11) is 0. The van der Waals surface area contributed by atoms with Crippen molar-refractivity contribution in [3.63, 3.8) is 0 Å². The van der Waals surface area contributed by atoms with Gasteiger partial charge < -0.3 is 4.74 Å². The predicted molar refractivity (Wildman–Crippen MR) is 98.2 cm³/mol. The first-order valence-electron chi connectivity index (χ1n) is 8.14. The predicted octanol–water partition coefficient (Wildman–Crippen LogP) is 4.30. The number of hydrogen-bond donors (Lipinski definition) is 0. The molecular formula is C21H17N3O2. The summed E-state index contributed by atoms with van der Waals surface area (Å²) in [5, 5.41) is 8.93. The summed E-state index contributed by atoms with van der Waals surface area (Å²) in [4.78, 5) is 18.4. The highest BCUT2D eigenvalue weighted by Crippen LogP contribution is 2.17. The quantitative estimate of drug-likeness (QED) is 0.693. The van der Waals surface area contributed by atoms with Crippen LogP contribution in [-0.4, -0.2) is 11.1 Å². The Hall–Kier alpha value is -3.65. The fraction of sp³-hybridized carbons (Fsp3) is 0.0952. The Balaban J connectivity index is 1.79. The second-order valence-corrected chi connectivity index (χ2v) is 5.63. The van der Waals surface area contributed by atoms with Gasteiger partial charge in [-0.1, -0.05) is 60.7 Å². The molecule has 0 N–H and O–H groups in total. The molecule has 3 rings (SSSR count). The summed E-state index contributed by atoms with van der Waals surface area (Å²) < 4.78 is 5.46. The molecule has 5 heteroatoms. The Morgan fingerprint density at radius 3 is 2.19 bits per heavy atom. The Kier molecular flexibility index (Phi) is 5.58. The number of aromatic nitrogens is 1. The molecule has 0 radical (unpaired) electrons. The zero-order chi connectivity index (χ0) is 18.2. The lowest BCUT2D eigenvalue weighted by Crippen LogP contribution is -2.31. The van der Waals surface area contributed by atoms with E-state index >= 15 is 0 Å². The second-order valence-electron chi connectivity index (χ2n) is 5.63. The maximum absolute atomic E-state index is 12.7. The summed E-state index contributed by atoms with van der Waals surface area (Å²) in [5.41, 5.74) is 2.30. The van der Waals surface area contributed by atoms with Crippen LogP contribution in [0.4, 0.5) is 10.6 Å². The van der Waals surface area contributed by atoms with Crippen molar-refractivity contribution < 1.29 is 9.53 Å². The van der Waals surface area contributed by atoms with Gasteiger partial charge in [-0.25, -0.2) is 9.78 Å². The van der Waals surface area contributed by atoms with Gasteiger partial charge in [0.2, 0.25) is 0 Å². The first kappa shape index (κ1) is 17.2. The number of rotatable bonds is 5. The molecule has 3 aromatic rings. The molecule has 1 heterocycles. The fourth-order valence-corrected chi connectivity index (χ4v) is 2.41. The highest BCUT2D eigenvalue weighted by Gasteiger charge is 2.19. The summed E-state index contributed by atoms with van der Waals surface area (Å²) in [5.74, 6) is 0.436. The van der Waals surface area contributed by atoms with Gasteiger partial charge in [0.15, 0.2) is 0 Å². The van der Waals surface area contributed by atoms with E-state index in [-0.39, 0.29) is 6.61 Å². The second kappa shape index (κ2) is 8.45. The molecule has 0 saturated heterocycles. The van der Waals surface area contributed by atoms with Gasteiger partial charge in [-0.15, -0.1) is 0 Å². The zero-order valence-electron chi connectivity index (χ0n) is 14.1. The highest BCUT2D eigenvalue weighted by atomic mass is 16.6. The monoisotopic (exact) mass is 343 g/mol. The molecule has 26 heavy (non-hydrogen) atoms. The van der Waals surface area contributed by atoms with Gasteiger partial charge in [-0.2, -0.15) is 5.26 Å². The van der Waals surface area contributed by atoms with Crippen LogP contribution >= 0.6 is 0 Å². The number of hydrogen-bond acceptors (Lipinski definition) is 4. The minimum Gasteiger partial charge on any atom is -0.444 e. The van der Waals surface area contributed by atoms with Gasteiger partial charge in [0, 0.05) is 6.20 Å². The molecule has 0 fully saturated rings. The number of nitrogens with zero attached hydrogens (tertiary/aromatic N) is 3. The molecule has 0 spiro atoms. The topological polar surface area (TPSA) is 66.2 Å². The van der Waals surface area contributed by atoms with Crippen LogP contribution in [0.2, 0.25) is 0 Å². The van der Waals surface area contributed by atoms with Crippen LogP contribution in [0.15, 0.2) is 79.0 Å². The van der Waals surface area contributed by atoms with E-state index in [1.165, 1.54) is 11.1 Å². The van der Waals surface area contributed by atoms with Crippen LogP contribution in [0.1, 0.15) is 16.7 Å². The molecular weight excluding hydrogens is 326 g/mol. The van der Waals surface area contributed by atoms with Crippen LogP contribution in [-0.2, 0) is 17.9 Å². The van der Waals surface area contributed by atoms with Gasteiger partial charge in [-0.3, -0.25) is 4.90 Å². The van der Waals surface area contributed by atoms with Gasteiger partial charge in [0.1, 0.15) is 18.5 Å². The molecule has 0 unspecified atom stereocenters. The third-order valence-electron chi connectivity index (χ3n) is 3.76. The molecule has 0 saturated carbocycles. The Morgan fingerprint density at radius 2 is 1.62 bits per heavy atom. The Morgan fingerprint density at radius 1 is 0.962 bits per heavy atom. The summed E-state index contributed by atoms with van der Waals surface area (Å²) >= 11 is 0. The number of benzene rings is 2. The zero-order valence-corrected chi connectivity index (χ0v) is 14.1. The van der Waals surface area contributed by atoms with Crippen LogP contribution in [0, 0.1) is 11.3 Å². The number of nitriles is 1. The molecule has 1 amide bonds. The highest BCUT2D eigenvalue weighted by molar-refractivity contribution is 5.86. The molecule has 0 bridgehead atoms. The van der Waals surface area contributed by atoms with Crippen molar-refractivity contribution in [2.75, 3.05) is 4.90 Å². The van der Waals surface area contributed by atoms with Gasteiger partial charge >= 0.3 is 6.09 Å². The number of pyridine rings is 1. The molecule has 5 nitrogen and oxygen atoms in total. The lowest BCUT2D eigenvalue weighted by Gasteiger charge is -2.21. The lowest BCUT2D eigenvalue weighted by molar-refractivity contribution is 0.146. The van der Waals surface area contributed by atoms with Crippen LogP contribution < -0.4 is 4.90 Å². The first-order valence-corrected chi connectivity index (χ1v) is 8.14. The van der Waals surface area contributed by atoms with E-state index in [9.17, 15) is 4.79 Å². The Labute approximate surface area is 152 Å². The van der Waals surface area contributed by atoms with E-state index < -0.39 is 6.09 Å². The van der Waals surface area contributed by atoms with Crippen molar-refractivity contribution in [1.82, 2.24) is 4.98 Å². The van der Waals surface area contributed by atoms with E-state index in [4.69, 9.17) is 10.00 Å². The molecule has 0 aliphatic heterocycles. The molecule has 0 atom stereocenters. The maximum Gasteiger partial charge on any atom is 0.416 e. The molecule has 0 aliphatic carbocycles. The number of anilines is 1. The van der Waals surface area contributed by atoms with Gasteiger partial charge in [-0.05, 0) is 23.3 Å². The molecule has 128 valence electrons. The number of amides is 1. The van der Waals surface area contributed by atoms with E-state index in [0.29, 0.717) is 17.9 Å². The third kappa shape index (κ3) is 4.46. The van der Waals surface area contributed by atoms with E-state index in [0.717, 1.165) is 11.1 Å². The van der Waals surface area contributed by atoms with Crippen molar-refractivity contribution in [2.45, 2.75) is 13.2 Å². The summed E-state index contributed by atoms with van der Waals surface area (Å²) in [6, 6.07) is 24.4. The minimum atomic E-state index is -0.491. The van der Waals surface area contributed by atoms with Gasteiger partial charge in [0.25, 0.3) is 0 Å². The number of carbonyl (C=O) groups excluding carboxylic acids is 1.